The van der Waals surface area contributed by atoms with E-state index in [-0.39, 0.29) is 28.5 Å². The van der Waals surface area contributed by atoms with Gasteiger partial charge in [0.05, 0.1) is 16.7 Å². The molecule has 1 fully saturated rings. The van der Waals surface area contributed by atoms with Crippen molar-refractivity contribution in [3.63, 3.8) is 0 Å². The van der Waals surface area contributed by atoms with Crippen LogP contribution in [-0.2, 0) is 16.2 Å². The van der Waals surface area contributed by atoms with Crippen LogP contribution in [0.1, 0.15) is 97.8 Å². The van der Waals surface area contributed by atoms with Crippen LogP contribution in [0.4, 0.5) is 28.4 Å². The van der Waals surface area contributed by atoms with Crippen molar-refractivity contribution in [1.29, 1.82) is 0 Å². The van der Waals surface area contributed by atoms with Crippen molar-refractivity contribution in [2.24, 2.45) is 0 Å². The van der Waals surface area contributed by atoms with E-state index in [9.17, 15) is 0 Å². The van der Waals surface area contributed by atoms with Gasteiger partial charge in [-0.3, -0.25) is 0 Å². The first kappa shape index (κ1) is 58.4. The number of rotatable bonds is 11. The van der Waals surface area contributed by atoms with Gasteiger partial charge >= 0.3 is 0 Å². The molecule has 0 radical (unpaired) electrons. The monoisotopic (exact) mass is 1250 g/mol. The van der Waals surface area contributed by atoms with E-state index in [2.05, 4.69) is 361 Å². The Hall–Kier alpha value is -9.46. The molecule has 458 valence electrons. The molecule has 1 saturated carbocycles. The summed E-state index contributed by atoms with van der Waals surface area (Å²) in [6.45, 7) is 19.5. The lowest BCUT2D eigenvalue weighted by molar-refractivity contribution is 0.195. The third-order valence-corrected chi connectivity index (χ3v) is 32.5. The highest BCUT2D eigenvalue weighted by atomic mass is 28.3. The van der Waals surface area contributed by atoms with Crippen molar-refractivity contribution in [3.05, 3.63) is 308 Å². The Kier molecular flexibility index (Phi) is 13.4. The summed E-state index contributed by atoms with van der Waals surface area (Å²) < 4.78 is 2.72. The molecule has 13 aromatic rings. The topological polar surface area (TPSA) is 11.4 Å². The fourth-order valence-corrected chi connectivity index (χ4v) is 27.6. The molecule has 0 spiro atoms. The Morgan fingerprint density at radius 2 is 0.809 bits per heavy atom. The molecule has 4 heterocycles. The SMILES string of the molecule is CC(C)(C)c1ccc2c(c1)c1cc(C(C)(C)C)cc3c1n2-c1cc(N(c2ccc([Si](c4ccccc4)(c4ccccc4)c4ccccc4)cc2)c2ccc([Si](c4ccccc4)(c4ccccc4)c4ccccc4)cc2)cc2c1B3c1cccc3c1N2C1(C)CCCCC31C. The van der Waals surface area contributed by atoms with Gasteiger partial charge in [-0.05, 0) is 160 Å². The minimum atomic E-state index is -2.89. The predicted molar refractivity (Wildman–Crippen MR) is 408 cm³/mol. The Labute approximate surface area is 558 Å². The molecule has 0 amide bonds. The van der Waals surface area contributed by atoms with Gasteiger partial charge in [0, 0.05) is 50.1 Å². The number of fused-ring (bicyclic) bond motifs is 10. The van der Waals surface area contributed by atoms with E-state index in [1.165, 1.54) is 126 Å². The van der Waals surface area contributed by atoms with E-state index >= 15 is 0 Å². The Balaban J connectivity index is 0.970. The van der Waals surface area contributed by atoms with Crippen molar-refractivity contribution in [2.45, 2.75) is 103 Å². The second kappa shape index (κ2) is 21.5. The standard InChI is InChI=1S/C88H80BN3Si2/c1-85(2,3)61-44-53-79-74(56-61)75-57-62(86(4,5)6)58-78-83(75)91(79)80-59-65(60-81-82(80)89(78)77-43-29-42-76-84(77)92(81)88(8)55-28-27-54-87(76,88)7)90(63-45-49-72(50-46-63)93(66-30-15-9-16-31-66,67-32-17-10-18-33-67)68-34-19-11-20-35-68)64-47-51-73(52-48-64)94(69-36-21-12-22-37-69,70-38-23-13-24-39-70)71-40-25-14-26-41-71/h9-26,29-53,56-60H,27-28,54-55H2,1-8H3. The number of hydrogen-bond acceptors (Lipinski definition) is 2. The average Bonchev–Trinajstić information content (AvgIpc) is 1.48. The molecule has 12 aromatic carbocycles. The van der Waals surface area contributed by atoms with Gasteiger partial charge in [0.2, 0.25) is 0 Å². The molecule has 1 aliphatic carbocycles. The lowest BCUT2D eigenvalue weighted by Gasteiger charge is -2.52. The second-order valence-corrected chi connectivity index (χ2v) is 37.5. The first-order valence-corrected chi connectivity index (χ1v) is 38.2. The summed E-state index contributed by atoms with van der Waals surface area (Å²) in [5.41, 5.74) is 18.2. The van der Waals surface area contributed by atoms with E-state index in [1.807, 2.05) is 0 Å². The van der Waals surface area contributed by atoms with E-state index in [4.69, 9.17) is 0 Å². The van der Waals surface area contributed by atoms with Crippen LogP contribution in [0.15, 0.2) is 291 Å². The molecular formula is C88H80BN3Si2. The molecule has 3 aliphatic heterocycles. The fourth-order valence-electron chi connectivity index (χ4n) is 18.1. The lowest BCUT2D eigenvalue weighted by Crippen LogP contribution is -2.74. The number of benzene rings is 12. The number of nitrogens with zero attached hydrogens (tertiary/aromatic N) is 3. The quantitative estimate of drug-likeness (QED) is 0.0945. The first-order valence-electron chi connectivity index (χ1n) is 34.2. The molecule has 94 heavy (non-hydrogen) atoms. The normalized spacial score (nSPS) is 17.2. The minimum Gasteiger partial charge on any atom is -0.335 e. The number of anilines is 5. The van der Waals surface area contributed by atoms with Crippen LogP contribution in [0.25, 0.3) is 27.5 Å². The number of hydrogen-bond donors (Lipinski definition) is 0. The largest absolute Gasteiger partial charge is 0.335 e. The van der Waals surface area contributed by atoms with Crippen molar-refractivity contribution >= 4 is 131 Å². The van der Waals surface area contributed by atoms with Gasteiger partial charge < -0.3 is 14.4 Å². The first-order chi connectivity index (χ1) is 45.6. The Bertz CT molecular complexity index is 4700. The zero-order chi connectivity index (χ0) is 63.9. The summed E-state index contributed by atoms with van der Waals surface area (Å²) in [6, 6.07) is 113. The fraction of sp³-hybridized carbons (Fsp3) is 0.182. The molecule has 0 N–H and O–H groups in total. The van der Waals surface area contributed by atoms with Crippen LogP contribution in [-0.4, -0.2) is 33.0 Å². The van der Waals surface area contributed by atoms with Gasteiger partial charge in [-0.2, -0.15) is 0 Å². The molecule has 1 aromatic heterocycles. The van der Waals surface area contributed by atoms with Crippen LogP contribution in [0.3, 0.4) is 0 Å². The van der Waals surface area contributed by atoms with Crippen LogP contribution in [0.5, 0.6) is 0 Å². The van der Waals surface area contributed by atoms with Crippen molar-refractivity contribution in [3.8, 4) is 5.69 Å². The summed E-state index contributed by atoms with van der Waals surface area (Å²) in [4.78, 5) is 5.53. The lowest BCUT2D eigenvalue weighted by atomic mass is 9.33. The molecule has 2 atom stereocenters. The summed E-state index contributed by atoms with van der Waals surface area (Å²) >= 11 is 0. The molecule has 3 nitrogen and oxygen atoms in total. The van der Waals surface area contributed by atoms with Gasteiger partial charge in [0.25, 0.3) is 6.71 Å². The number of aromatic nitrogens is 1. The van der Waals surface area contributed by atoms with E-state index in [0.29, 0.717) is 0 Å². The van der Waals surface area contributed by atoms with Gasteiger partial charge in [-0.25, -0.2) is 0 Å². The highest BCUT2D eigenvalue weighted by molar-refractivity contribution is 7.20. The zero-order valence-electron chi connectivity index (χ0n) is 55.5. The van der Waals surface area contributed by atoms with Gasteiger partial charge in [0.1, 0.15) is 0 Å². The second-order valence-electron chi connectivity index (χ2n) is 29.9. The maximum atomic E-state index is 2.91. The molecule has 4 aliphatic rings. The van der Waals surface area contributed by atoms with Crippen molar-refractivity contribution < 1.29 is 0 Å². The van der Waals surface area contributed by atoms with E-state index in [0.717, 1.165) is 29.9 Å². The molecule has 0 bridgehead atoms. The minimum absolute atomic E-state index is 0.0207. The predicted octanol–water partition coefficient (Wildman–Crippen LogP) is 14.5. The van der Waals surface area contributed by atoms with Gasteiger partial charge in [-0.1, -0.05) is 298 Å². The van der Waals surface area contributed by atoms with Crippen LogP contribution >= 0.6 is 0 Å². The van der Waals surface area contributed by atoms with Crippen molar-refractivity contribution in [1.82, 2.24) is 4.57 Å². The van der Waals surface area contributed by atoms with Crippen molar-refractivity contribution in [2.75, 3.05) is 9.80 Å². The van der Waals surface area contributed by atoms with E-state index in [1.54, 1.807) is 0 Å². The van der Waals surface area contributed by atoms with E-state index < -0.39 is 16.1 Å². The summed E-state index contributed by atoms with van der Waals surface area (Å²) in [6.07, 6.45) is 4.73. The van der Waals surface area contributed by atoms with Gasteiger partial charge in [0.15, 0.2) is 16.1 Å². The van der Waals surface area contributed by atoms with Gasteiger partial charge in [-0.15, -0.1) is 0 Å². The maximum absolute atomic E-state index is 2.91. The summed E-state index contributed by atoms with van der Waals surface area (Å²) in [5, 5.41) is 13.5. The smallest absolute Gasteiger partial charge is 0.252 e. The zero-order valence-corrected chi connectivity index (χ0v) is 57.5. The summed E-state index contributed by atoms with van der Waals surface area (Å²) in [7, 11) is -5.77. The van der Waals surface area contributed by atoms with Crippen LogP contribution in [0, 0.1) is 0 Å². The molecule has 6 heteroatoms. The third kappa shape index (κ3) is 8.40. The molecule has 17 rings (SSSR count). The Morgan fingerprint density at radius 3 is 1.27 bits per heavy atom. The Morgan fingerprint density at radius 1 is 0.383 bits per heavy atom. The summed E-state index contributed by atoms with van der Waals surface area (Å²) in [5.74, 6) is 0. The highest BCUT2D eigenvalue weighted by Gasteiger charge is 2.61. The average molecular weight is 1250 g/mol. The molecular weight excluding hydrogens is 1170 g/mol. The highest BCUT2D eigenvalue weighted by Crippen LogP contribution is 2.62. The van der Waals surface area contributed by atoms with Crippen LogP contribution in [0.2, 0.25) is 0 Å². The maximum Gasteiger partial charge on any atom is 0.252 e. The molecule has 2 unspecified atom stereocenters. The molecule has 0 saturated heterocycles. The third-order valence-electron chi connectivity index (χ3n) is 22.9. The van der Waals surface area contributed by atoms with Crippen LogP contribution < -0.4 is 67.7 Å². The number of para-hydroxylation sites is 1.